The molecule has 2 heterocycles. The molecule has 1 saturated heterocycles. The average Bonchev–Trinajstić information content (AvgIpc) is 3.04. The molecule has 0 bridgehead atoms. The van der Waals surface area contributed by atoms with Gasteiger partial charge in [0.2, 0.25) is 5.79 Å². The van der Waals surface area contributed by atoms with Gasteiger partial charge >= 0.3 is 0 Å². The summed E-state index contributed by atoms with van der Waals surface area (Å²) in [6, 6.07) is 4.47. The van der Waals surface area contributed by atoms with Gasteiger partial charge in [-0.1, -0.05) is 0 Å². The van der Waals surface area contributed by atoms with Crippen molar-refractivity contribution in [3.05, 3.63) is 34.1 Å². The predicted molar refractivity (Wildman–Crippen MR) is 68.7 cm³/mol. The molecule has 2 aromatic rings. The number of nitrogens with zero attached hydrogens (tertiary/aromatic N) is 1. The molecule has 1 aliphatic heterocycles. The van der Waals surface area contributed by atoms with Crippen LogP contribution in [0.1, 0.15) is 12.7 Å². The van der Waals surface area contributed by atoms with E-state index in [2.05, 4.69) is 0 Å². The van der Waals surface area contributed by atoms with Crippen molar-refractivity contribution < 1.29 is 23.6 Å². The van der Waals surface area contributed by atoms with Gasteiger partial charge in [0.05, 0.1) is 25.2 Å². The Hall–Kier alpha value is -2.12. The first-order valence-corrected chi connectivity index (χ1v) is 6.08. The quantitative estimate of drug-likeness (QED) is 0.634. The summed E-state index contributed by atoms with van der Waals surface area (Å²) in [6.45, 7) is 2.62. The Morgan fingerprint density at radius 2 is 2.05 bits per heavy atom. The Morgan fingerprint density at radius 3 is 2.65 bits per heavy atom. The summed E-state index contributed by atoms with van der Waals surface area (Å²) in [6.07, 6.45) is 0. The molecule has 106 valence electrons. The van der Waals surface area contributed by atoms with E-state index in [4.69, 9.17) is 18.6 Å². The van der Waals surface area contributed by atoms with Crippen LogP contribution in [0.5, 0.6) is 5.75 Å². The molecule has 1 fully saturated rings. The Labute approximate surface area is 114 Å². The topological polar surface area (TPSA) is 84.0 Å². The maximum Gasteiger partial charge on any atom is 0.280 e. The van der Waals surface area contributed by atoms with Crippen molar-refractivity contribution in [2.75, 3.05) is 20.3 Å². The molecule has 0 unspecified atom stereocenters. The molecule has 1 aliphatic rings. The molecule has 7 nitrogen and oxygen atoms in total. The molecule has 1 aromatic heterocycles. The molecule has 0 aliphatic carbocycles. The van der Waals surface area contributed by atoms with Crippen molar-refractivity contribution in [1.82, 2.24) is 0 Å². The second kappa shape index (κ2) is 4.46. The van der Waals surface area contributed by atoms with Gasteiger partial charge in [0.1, 0.15) is 5.39 Å². The van der Waals surface area contributed by atoms with Crippen molar-refractivity contribution in [2.45, 2.75) is 12.7 Å². The molecule has 7 heteroatoms. The van der Waals surface area contributed by atoms with Gasteiger partial charge in [0.15, 0.2) is 17.1 Å². The molecule has 0 spiro atoms. The van der Waals surface area contributed by atoms with Gasteiger partial charge in [0.25, 0.3) is 5.69 Å². The van der Waals surface area contributed by atoms with Crippen molar-refractivity contribution >= 4 is 16.7 Å². The first-order valence-electron chi connectivity index (χ1n) is 6.08. The number of nitro benzene ring substituents is 1. The van der Waals surface area contributed by atoms with Gasteiger partial charge < -0.3 is 18.6 Å². The third kappa shape index (κ3) is 1.83. The van der Waals surface area contributed by atoms with E-state index in [1.807, 2.05) is 0 Å². The smallest absolute Gasteiger partial charge is 0.280 e. The first kappa shape index (κ1) is 12.9. The van der Waals surface area contributed by atoms with Crippen LogP contribution in [0.4, 0.5) is 5.69 Å². The number of ether oxygens (including phenoxy) is 3. The highest BCUT2D eigenvalue weighted by Gasteiger charge is 2.38. The minimum atomic E-state index is -1.02. The fourth-order valence-electron chi connectivity index (χ4n) is 2.28. The highest BCUT2D eigenvalue weighted by Crippen LogP contribution is 2.40. The van der Waals surface area contributed by atoms with Gasteiger partial charge in [-0.05, 0) is 13.0 Å². The van der Waals surface area contributed by atoms with Gasteiger partial charge in [-0.15, -0.1) is 0 Å². The molecule has 1 aromatic carbocycles. The normalized spacial score (nSPS) is 17.5. The zero-order chi connectivity index (χ0) is 14.3. The summed E-state index contributed by atoms with van der Waals surface area (Å²) in [4.78, 5) is 10.6. The van der Waals surface area contributed by atoms with E-state index in [9.17, 15) is 10.1 Å². The van der Waals surface area contributed by atoms with Crippen LogP contribution in [0.25, 0.3) is 11.0 Å². The maximum atomic E-state index is 11.1. The molecule has 0 atom stereocenters. The summed E-state index contributed by atoms with van der Waals surface area (Å²) >= 11 is 0. The summed E-state index contributed by atoms with van der Waals surface area (Å²) < 4.78 is 21.9. The van der Waals surface area contributed by atoms with E-state index in [0.29, 0.717) is 35.7 Å². The van der Waals surface area contributed by atoms with Crippen molar-refractivity contribution in [2.24, 2.45) is 0 Å². The molecule has 0 saturated carbocycles. The number of rotatable bonds is 3. The van der Waals surface area contributed by atoms with Crippen LogP contribution in [-0.2, 0) is 15.3 Å². The summed E-state index contributed by atoms with van der Waals surface area (Å²) in [5.74, 6) is -0.200. The fourth-order valence-corrected chi connectivity index (χ4v) is 2.28. The fraction of sp³-hybridized carbons (Fsp3) is 0.385. The minimum Gasteiger partial charge on any atom is -0.493 e. The summed E-state index contributed by atoms with van der Waals surface area (Å²) in [7, 11) is 1.48. The Morgan fingerprint density at radius 1 is 1.35 bits per heavy atom. The third-order valence-electron chi connectivity index (χ3n) is 3.33. The number of benzene rings is 1. The van der Waals surface area contributed by atoms with Crippen LogP contribution in [-0.4, -0.2) is 25.2 Å². The third-order valence-corrected chi connectivity index (χ3v) is 3.33. The van der Waals surface area contributed by atoms with Crippen molar-refractivity contribution in [3.8, 4) is 5.75 Å². The lowest BCUT2D eigenvalue weighted by Gasteiger charge is -2.18. The van der Waals surface area contributed by atoms with E-state index >= 15 is 0 Å². The second-order valence-electron chi connectivity index (χ2n) is 4.54. The Balaban J connectivity index is 2.22. The zero-order valence-electron chi connectivity index (χ0n) is 11.0. The highest BCUT2D eigenvalue weighted by molar-refractivity contribution is 5.92. The standard InChI is InChI=1S/C13H13NO6/c1-13(18-5-6-19-13)11-7-8-9(14(15)16)3-4-10(17-2)12(8)20-11/h3-4,7H,5-6H2,1-2H3. The minimum absolute atomic E-state index is 0.0441. The lowest BCUT2D eigenvalue weighted by atomic mass is 10.1. The lowest BCUT2D eigenvalue weighted by Crippen LogP contribution is -2.21. The number of non-ortho nitro benzene ring substituents is 1. The van der Waals surface area contributed by atoms with E-state index in [-0.39, 0.29) is 5.69 Å². The number of hydrogen-bond acceptors (Lipinski definition) is 6. The van der Waals surface area contributed by atoms with Crippen LogP contribution in [0.3, 0.4) is 0 Å². The molecule has 0 radical (unpaired) electrons. The second-order valence-corrected chi connectivity index (χ2v) is 4.54. The monoisotopic (exact) mass is 279 g/mol. The predicted octanol–water partition coefficient (Wildman–Crippen LogP) is 2.57. The van der Waals surface area contributed by atoms with Crippen LogP contribution < -0.4 is 4.74 Å². The lowest BCUT2D eigenvalue weighted by molar-refractivity contribution is -0.383. The molecule has 0 amide bonds. The largest absolute Gasteiger partial charge is 0.493 e. The van der Waals surface area contributed by atoms with E-state index < -0.39 is 10.7 Å². The summed E-state index contributed by atoms with van der Waals surface area (Å²) in [5, 5.41) is 11.5. The molecular formula is C13H13NO6. The van der Waals surface area contributed by atoms with Crippen LogP contribution in [0, 0.1) is 10.1 Å². The van der Waals surface area contributed by atoms with Crippen molar-refractivity contribution in [1.29, 1.82) is 0 Å². The molecular weight excluding hydrogens is 266 g/mol. The number of fused-ring (bicyclic) bond motifs is 1. The SMILES string of the molecule is COc1ccc([N+](=O)[O-])c2cc(C3(C)OCCO3)oc12. The maximum absolute atomic E-state index is 11.1. The van der Waals surface area contributed by atoms with Gasteiger partial charge in [-0.25, -0.2) is 0 Å². The Kier molecular flexibility index (Phi) is 2.88. The zero-order valence-corrected chi connectivity index (χ0v) is 11.0. The molecule has 20 heavy (non-hydrogen) atoms. The average molecular weight is 279 g/mol. The van der Waals surface area contributed by atoms with Gasteiger partial charge in [0, 0.05) is 12.1 Å². The molecule has 0 N–H and O–H groups in total. The number of nitro groups is 1. The first-order chi connectivity index (χ1) is 9.55. The number of methoxy groups -OCH3 is 1. The van der Waals surface area contributed by atoms with E-state index in [0.717, 1.165) is 0 Å². The highest BCUT2D eigenvalue weighted by atomic mass is 16.7. The number of furan rings is 1. The van der Waals surface area contributed by atoms with Crippen molar-refractivity contribution in [3.63, 3.8) is 0 Å². The van der Waals surface area contributed by atoms with Crippen LogP contribution >= 0.6 is 0 Å². The van der Waals surface area contributed by atoms with Gasteiger partial charge in [-0.2, -0.15) is 0 Å². The van der Waals surface area contributed by atoms with E-state index in [1.165, 1.54) is 19.2 Å². The van der Waals surface area contributed by atoms with Crippen LogP contribution in [0.2, 0.25) is 0 Å². The molecule has 3 rings (SSSR count). The summed E-state index contributed by atoms with van der Waals surface area (Å²) in [5.41, 5.74) is 0.273. The van der Waals surface area contributed by atoms with E-state index in [1.54, 1.807) is 13.0 Å². The Bertz CT molecular complexity index is 671. The van der Waals surface area contributed by atoms with Crippen LogP contribution in [0.15, 0.2) is 22.6 Å². The number of hydrogen-bond donors (Lipinski definition) is 0. The van der Waals surface area contributed by atoms with Gasteiger partial charge in [-0.3, -0.25) is 10.1 Å².